The Labute approximate surface area is 131 Å². The van der Waals surface area contributed by atoms with Crippen LogP contribution >= 0.6 is 39.0 Å². The van der Waals surface area contributed by atoms with Crippen molar-refractivity contribution >= 4 is 39.0 Å². The average molecular weight is 354 g/mol. The standard InChI is InChI=1S/C15H16BrNS2/c16-12-7-5-11(6-8-12)14-9-19-15(17-14)10-18-13-3-1-2-4-13/h5-9,13H,1-4,10H2. The van der Waals surface area contributed by atoms with Crippen LogP contribution in [0.5, 0.6) is 0 Å². The summed E-state index contributed by atoms with van der Waals surface area (Å²) >= 11 is 7.34. The molecule has 0 saturated heterocycles. The van der Waals surface area contributed by atoms with E-state index in [0.717, 1.165) is 21.2 Å². The maximum atomic E-state index is 4.75. The Balaban J connectivity index is 1.63. The van der Waals surface area contributed by atoms with Gasteiger partial charge in [0, 0.05) is 26.4 Å². The lowest BCUT2D eigenvalue weighted by molar-refractivity contribution is 0.886. The molecule has 1 aliphatic carbocycles. The first-order valence-electron chi connectivity index (χ1n) is 6.63. The molecule has 0 unspecified atom stereocenters. The third kappa shape index (κ3) is 3.61. The molecule has 0 radical (unpaired) electrons. The largest absolute Gasteiger partial charge is 0.240 e. The predicted octanol–water partition coefficient (Wildman–Crippen LogP) is 5.75. The highest BCUT2D eigenvalue weighted by Gasteiger charge is 2.16. The number of nitrogens with zero attached hydrogens (tertiary/aromatic N) is 1. The highest BCUT2D eigenvalue weighted by molar-refractivity contribution is 9.10. The minimum absolute atomic E-state index is 0.875. The molecule has 4 heteroatoms. The van der Waals surface area contributed by atoms with Crippen molar-refractivity contribution in [3.63, 3.8) is 0 Å². The van der Waals surface area contributed by atoms with Gasteiger partial charge in [-0.3, -0.25) is 0 Å². The van der Waals surface area contributed by atoms with Gasteiger partial charge >= 0.3 is 0 Å². The van der Waals surface area contributed by atoms with Crippen molar-refractivity contribution in [3.05, 3.63) is 39.1 Å². The number of hydrogen-bond acceptors (Lipinski definition) is 3. The van der Waals surface area contributed by atoms with Crippen molar-refractivity contribution in [1.29, 1.82) is 0 Å². The van der Waals surface area contributed by atoms with Crippen LogP contribution < -0.4 is 0 Å². The van der Waals surface area contributed by atoms with E-state index in [-0.39, 0.29) is 0 Å². The van der Waals surface area contributed by atoms with Gasteiger partial charge in [0.25, 0.3) is 0 Å². The maximum Gasteiger partial charge on any atom is 0.103 e. The van der Waals surface area contributed by atoms with Crippen LogP contribution in [0.4, 0.5) is 0 Å². The van der Waals surface area contributed by atoms with E-state index in [0.29, 0.717) is 0 Å². The van der Waals surface area contributed by atoms with Crippen LogP contribution in [0.3, 0.4) is 0 Å². The second kappa shape index (κ2) is 6.42. The Morgan fingerprint density at radius 3 is 2.68 bits per heavy atom. The van der Waals surface area contributed by atoms with Crippen LogP contribution in [-0.4, -0.2) is 10.2 Å². The minimum Gasteiger partial charge on any atom is -0.240 e. The van der Waals surface area contributed by atoms with Crippen LogP contribution in [0.1, 0.15) is 30.7 Å². The lowest BCUT2D eigenvalue weighted by Crippen LogP contribution is -1.94. The molecule has 3 rings (SSSR count). The molecule has 19 heavy (non-hydrogen) atoms. The highest BCUT2D eigenvalue weighted by atomic mass is 79.9. The minimum atomic E-state index is 0.875. The normalized spacial score (nSPS) is 16.1. The zero-order chi connectivity index (χ0) is 13.1. The molecule has 0 amide bonds. The summed E-state index contributed by atoms with van der Waals surface area (Å²) in [5.41, 5.74) is 2.32. The Hall–Kier alpha value is -0.320. The lowest BCUT2D eigenvalue weighted by atomic mass is 10.2. The maximum absolute atomic E-state index is 4.75. The summed E-state index contributed by atoms with van der Waals surface area (Å²) in [6.45, 7) is 0. The molecule has 1 heterocycles. The van der Waals surface area contributed by atoms with Crippen molar-refractivity contribution in [1.82, 2.24) is 4.98 Å². The number of thiazole rings is 1. The Morgan fingerprint density at radius 2 is 1.95 bits per heavy atom. The molecule has 0 N–H and O–H groups in total. The van der Waals surface area contributed by atoms with Gasteiger partial charge in [0.15, 0.2) is 0 Å². The van der Waals surface area contributed by atoms with Crippen molar-refractivity contribution in [3.8, 4) is 11.3 Å². The second-order valence-electron chi connectivity index (χ2n) is 4.85. The molecule has 0 aliphatic heterocycles. The van der Waals surface area contributed by atoms with Gasteiger partial charge in [-0.1, -0.05) is 40.9 Å². The number of thioether (sulfide) groups is 1. The van der Waals surface area contributed by atoms with Crippen molar-refractivity contribution in [2.24, 2.45) is 0 Å². The van der Waals surface area contributed by atoms with E-state index in [2.05, 4.69) is 57.3 Å². The van der Waals surface area contributed by atoms with E-state index in [9.17, 15) is 0 Å². The van der Waals surface area contributed by atoms with Gasteiger partial charge in [0.1, 0.15) is 5.01 Å². The zero-order valence-electron chi connectivity index (χ0n) is 10.6. The van der Waals surface area contributed by atoms with Crippen LogP contribution in [0.15, 0.2) is 34.1 Å². The summed E-state index contributed by atoms with van der Waals surface area (Å²) in [6, 6.07) is 8.38. The summed E-state index contributed by atoms with van der Waals surface area (Å²) in [7, 11) is 0. The van der Waals surface area contributed by atoms with Gasteiger partial charge in [-0.25, -0.2) is 4.98 Å². The monoisotopic (exact) mass is 353 g/mol. The Morgan fingerprint density at radius 1 is 1.21 bits per heavy atom. The summed E-state index contributed by atoms with van der Waals surface area (Å²) in [5.74, 6) is 1.08. The van der Waals surface area contributed by atoms with Gasteiger partial charge in [-0.15, -0.1) is 11.3 Å². The molecule has 1 fully saturated rings. The Bertz CT molecular complexity index is 529. The first-order valence-corrected chi connectivity index (χ1v) is 9.35. The summed E-state index contributed by atoms with van der Waals surface area (Å²) < 4.78 is 1.11. The number of aromatic nitrogens is 1. The van der Waals surface area contributed by atoms with E-state index in [1.807, 2.05) is 0 Å². The fourth-order valence-electron chi connectivity index (χ4n) is 2.37. The van der Waals surface area contributed by atoms with Crippen LogP contribution in [0, 0.1) is 0 Å². The molecule has 0 bridgehead atoms. The summed E-state index contributed by atoms with van der Waals surface area (Å²) in [4.78, 5) is 4.75. The SMILES string of the molecule is Brc1ccc(-c2csc(CSC3CCCC3)n2)cc1. The van der Waals surface area contributed by atoms with Gasteiger partial charge in [-0.05, 0) is 25.0 Å². The number of benzene rings is 1. The predicted molar refractivity (Wildman–Crippen MR) is 88.8 cm³/mol. The summed E-state index contributed by atoms with van der Waals surface area (Å²) in [6.07, 6.45) is 5.63. The molecular formula is C15H16BrNS2. The van der Waals surface area contributed by atoms with Gasteiger partial charge in [0.2, 0.25) is 0 Å². The molecule has 0 atom stereocenters. The quantitative estimate of drug-likeness (QED) is 0.693. The van der Waals surface area contributed by atoms with E-state index in [1.54, 1.807) is 11.3 Å². The van der Waals surface area contributed by atoms with E-state index >= 15 is 0 Å². The van der Waals surface area contributed by atoms with Crippen molar-refractivity contribution in [2.75, 3.05) is 0 Å². The van der Waals surface area contributed by atoms with E-state index in [4.69, 9.17) is 4.98 Å². The molecule has 1 aromatic carbocycles. The summed E-state index contributed by atoms with van der Waals surface area (Å²) in [5, 5.41) is 4.31. The van der Waals surface area contributed by atoms with Gasteiger partial charge < -0.3 is 0 Å². The average Bonchev–Trinajstić information content (AvgIpc) is 3.09. The molecule has 0 spiro atoms. The Kier molecular flexibility index (Phi) is 4.61. The molecular weight excluding hydrogens is 338 g/mol. The molecule has 1 nitrogen and oxygen atoms in total. The fourth-order valence-corrected chi connectivity index (χ4v) is 4.81. The van der Waals surface area contributed by atoms with Crippen LogP contribution in [-0.2, 0) is 5.75 Å². The smallest absolute Gasteiger partial charge is 0.103 e. The third-order valence-electron chi connectivity index (χ3n) is 3.44. The topological polar surface area (TPSA) is 12.9 Å². The number of hydrogen-bond donors (Lipinski definition) is 0. The number of rotatable bonds is 4. The molecule has 1 aliphatic rings. The zero-order valence-corrected chi connectivity index (χ0v) is 13.9. The first kappa shape index (κ1) is 13.7. The van der Waals surface area contributed by atoms with Crippen molar-refractivity contribution < 1.29 is 0 Å². The third-order valence-corrected chi connectivity index (χ3v) is 6.38. The first-order chi connectivity index (χ1) is 9.31. The lowest BCUT2D eigenvalue weighted by Gasteiger charge is -2.05. The van der Waals surface area contributed by atoms with Crippen molar-refractivity contribution in [2.45, 2.75) is 36.7 Å². The molecule has 2 aromatic rings. The fraction of sp³-hybridized carbons (Fsp3) is 0.400. The van der Waals surface area contributed by atoms with E-state index < -0.39 is 0 Å². The second-order valence-corrected chi connectivity index (χ2v) is 8.00. The van der Waals surface area contributed by atoms with Gasteiger partial charge in [-0.2, -0.15) is 11.8 Å². The van der Waals surface area contributed by atoms with Crippen LogP contribution in [0.2, 0.25) is 0 Å². The number of halogens is 1. The molecule has 1 saturated carbocycles. The highest BCUT2D eigenvalue weighted by Crippen LogP contribution is 2.33. The van der Waals surface area contributed by atoms with E-state index in [1.165, 1.54) is 36.3 Å². The van der Waals surface area contributed by atoms with Crippen LogP contribution in [0.25, 0.3) is 11.3 Å². The van der Waals surface area contributed by atoms with Gasteiger partial charge in [0.05, 0.1) is 5.69 Å². The molecule has 100 valence electrons. The molecule has 1 aromatic heterocycles.